The molecule has 2 rings (SSSR count). The lowest BCUT2D eigenvalue weighted by molar-refractivity contribution is -0.117. The summed E-state index contributed by atoms with van der Waals surface area (Å²) in [6.45, 7) is 3.21. The van der Waals surface area contributed by atoms with Gasteiger partial charge in [-0.15, -0.1) is 0 Å². The molecule has 0 radical (unpaired) electrons. The third kappa shape index (κ3) is 3.94. The molecule has 0 aliphatic carbocycles. The zero-order valence-electron chi connectivity index (χ0n) is 11.6. The summed E-state index contributed by atoms with van der Waals surface area (Å²) < 4.78 is 5.43. The number of amides is 1. The summed E-state index contributed by atoms with van der Waals surface area (Å²) in [7, 11) is 0. The number of carbonyl (C=O) groups is 1. The van der Waals surface area contributed by atoms with Crippen molar-refractivity contribution in [1.29, 1.82) is 5.26 Å². The van der Waals surface area contributed by atoms with Gasteiger partial charge in [-0.05, 0) is 31.4 Å². The van der Waals surface area contributed by atoms with E-state index in [2.05, 4.69) is 5.32 Å². The van der Waals surface area contributed by atoms with Crippen molar-refractivity contribution in [2.24, 2.45) is 0 Å². The van der Waals surface area contributed by atoms with E-state index >= 15 is 0 Å². The molecule has 4 nitrogen and oxygen atoms in total. The van der Waals surface area contributed by atoms with E-state index < -0.39 is 0 Å². The average Bonchev–Trinajstić information content (AvgIpc) is 2.97. The normalized spacial score (nSPS) is 18.6. The van der Waals surface area contributed by atoms with E-state index in [4.69, 9.17) is 10.00 Å². The summed E-state index contributed by atoms with van der Waals surface area (Å²) in [5.41, 5.74) is 2.11. The number of hydrogen-bond donors (Lipinski definition) is 1. The van der Waals surface area contributed by atoms with Gasteiger partial charge in [0.05, 0.1) is 6.10 Å². The first-order chi connectivity index (χ1) is 9.69. The molecule has 1 N–H and O–H groups in total. The van der Waals surface area contributed by atoms with E-state index in [9.17, 15) is 4.79 Å². The fourth-order valence-corrected chi connectivity index (χ4v) is 2.09. The lowest BCUT2D eigenvalue weighted by atomic mass is 10.1. The van der Waals surface area contributed by atoms with Gasteiger partial charge >= 0.3 is 0 Å². The van der Waals surface area contributed by atoms with E-state index in [-0.39, 0.29) is 17.6 Å². The maximum atomic E-state index is 11.9. The molecule has 1 atom stereocenters. The van der Waals surface area contributed by atoms with Crippen LogP contribution in [0.25, 0.3) is 6.08 Å². The molecule has 104 valence electrons. The molecular weight excluding hydrogens is 252 g/mol. The molecule has 20 heavy (non-hydrogen) atoms. The van der Waals surface area contributed by atoms with Crippen LogP contribution in [0.1, 0.15) is 24.0 Å². The van der Waals surface area contributed by atoms with Crippen molar-refractivity contribution in [3.05, 3.63) is 41.0 Å². The Morgan fingerprint density at radius 1 is 1.50 bits per heavy atom. The van der Waals surface area contributed by atoms with Crippen LogP contribution in [0.4, 0.5) is 0 Å². The number of hydrogen-bond acceptors (Lipinski definition) is 3. The highest BCUT2D eigenvalue weighted by Crippen LogP contribution is 2.11. The molecule has 1 aliphatic heterocycles. The van der Waals surface area contributed by atoms with E-state index in [1.807, 2.05) is 37.3 Å². The Hall–Kier alpha value is -2.12. The molecule has 1 saturated heterocycles. The van der Waals surface area contributed by atoms with Crippen molar-refractivity contribution in [2.75, 3.05) is 13.2 Å². The van der Waals surface area contributed by atoms with Gasteiger partial charge in [-0.3, -0.25) is 4.79 Å². The smallest absolute Gasteiger partial charge is 0.262 e. The third-order valence-electron chi connectivity index (χ3n) is 3.27. The van der Waals surface area contributed by atoms with Crippen LogP contribution in [0, 0.1) is 18.3 Å². The number of nitriles is 1. The van der Waals surface area contributed by atoms with E-state index in [0.717, 1.165) is 30.6 Å². The molecule has 1 aromatic carbocycles. The van der Waals surface area contributed by atoms with Gasteiger partial charge < -0.3 is 10.1 Å². The van der Waals surface area contributed by atoms with Gasteiger partial charge in [-0.1, -0.05) is 29.8 Å². The third-order valence-corrected chi connectivity index (χ3v) is 3.27. The van der Waals surface area contributed by atoms with E-state index in [1.165, 1.54) is 0 Å². The Bertz CT molecular complexity index is 535. The van der Waals surface area contributed by atoms with Crippen LogP contribution >= 0.6 is 0 Å². The summed E-state index contributed by atoms with van der Waals surface area (Å²) >= 11 is 0. The van der Waals surface area contributed by atoms with E-state index in [0.29, 0.717) is 6.54 Å². The Morgan fingerprint density at radius 3 is 2.85 bits per heavy atom. The topological polar surface area (TPSA) is 62.1 Å². The molecule has 0 unspecified atom stereocenters. The van der Waals surface area contributed by atoms with Crippen LogP contribution in [0.3, 0.4) is 0 Å². The second kappa shape index (κ2) is 6.88. The molecule has 0 saturated carbocycles. The first-order valence-corrected chi connectivity index (χ1v) is 6.77. The maximum absolute atomic E-state index is 11.9. The predicted octanol–water partition coefficient (Wildman–Crippen LogP) is 2.20. The van der Waals surface area contributed by atoms with Crippen LogP contribution in [-0.2, 0) is 9.53 Å². The van der Waals surface area contributed by atoms with Gasteiger partial charge in [0.25, 0.3) is 5.91 Å². The molecule has 1 fully saturated rings. The van der Waals surface area contributed by atoms with Crippen LogP contribution in [0.2, 0.25) is 0 Å². The Labute approximate surface area is 119 Å². The highest BCUT2D eigenvalue weighted by molar-refractivity contribution is 6.01. The quantitative estimate of drug-likeness (QED) is 0.674. The highest BCUT2D eigenvalue weighted by atomic mass is 16.5. The zero-order valence-corrected chi connectivity index (χ0v) is 11.6. The average molecular weight is 270 g/mol. The molecule has 1 heterocycles. The molecular formula is C16H18N2O2. The summed E-state index contributed by atoms with van der Waals surface area (Å²) in [5.74, 6) is -0.344. The number of rotatable bonds is 4. The minimum Gasteiger partial charge on any atom is -0.376 e. The van der Waals surface area contributed by atoms with Gasteiger partial charge in [0.1, 0.15) is 11.6 Å². The predicted molar refractivity (Wildman–Crippen MR) is 76.8 cm³/mol. The molecule has 0 spiro atoms. The number of nitrogens with one attached hydrogen (secondary N) is 1. The first kappa shape index (κ1) is 14.3. The van der Waals surface area contributed by atoms with Crippen LogP contribution in [-0.4, -0.2) is 25.2 Å². The van der Waals surface area contributed by atoms with Gasteiger partial charge in [-0.2, -0.15) is 5.26 Å². The standard InChI is InChI=1S/C16H18N2O2/c1-12-4-6-13(7-5-12)9-14(10-17)16(19)18-11-15-3-2-8-20-15/h4-7,9,15H,2-3,8,11H2,1H3,(H,18,19)/b14-9+/t15-/m0/s1. The zero-order chi connectivity index (χ0) is 14.4. The minimum atomic E-state index is -0.344. The highest BCUT2D eigenvalue weighted by Gasteiger charge is 2.17. The minimum absolute atomic E-state index is 0.0817. The molecule has 0 bridgehead atoms. The van der Waals surface area contributed by atoms with Crippen molar-refractivity contribution >= 4 is 12.0 Å². The molecule has 4 heteroatoms. The number of nitrogens with zero attached hydrogens (tertiary/aromatic N) is 1. The van der Waals surface area contributed by atoms with Crippen LogP contribution in [0.15, 0.2) is 29.8 Å². The molecule has 1 aliphatic rings. The fourth-order valence-electron chi connectivity index (χ4n) is 2.09. The summed E-state index contributed by atoms with van der Waals surface area (Å²) in [6, 6.07) is 9.63. The van der Waals surface area contributed by atoms with Crippen LogP contribution < -0.4 is 5.32 Å². The second-order valence-electron chi connectivity index (χ2n) is 4.93. The SMILES string of the molecule is Cc1ccc(/C=C(\C#N)C(=O)NC[C@@H]2CCCO2)cc1. The van der Waals surface area contributed by atoms with Crippen LogP contribution in [0.5, 0.6) is 0 Å². The fraction of sp³-hybridized carbons (Fsp3) is 0.375. The first-order valence-electron chi connectivity index (χ1n) is 6.77. The number of ether oxygens (including phenoxy) is 1. The van der Waals surface area contributed by atoms with Crippen molar-refractivity contribution in [3.8, 4) is 6.07 Å². The second-order valence-corrected chi connectivity index (χ2v) is 4.93. The lowest BCUT2D eigenvalue weighted by Gasteiger charge is -2.10. The Morgan fingerprint density at radius 2 is 2.25 bits per heavy atom. The molecule has 0 aromatic heterocycles. The maximum Gasteiger partial charge on any atom is 0.262 e. The Balaban J connectivity index is 1.97. The van der Waals surface area contributed by atoms with Crippen molar-refractivity contribution in [3.63, 3.8) is 0 Å². The molecule has 1 amide bonds. The lowest BCUT2D eigenvalue weighted by Crippen LogP contribution is -2.32. The van der Waals surface area contributed by atoms with Crippen molar-refractivity contribution in [2.45, 2.75) is 25.9 Å². The van der Waals surface area contributed by atoms with Gasteiger partial charge in [0, 0.05) is 13.2 Å². The molecule has 1 aromatic rings. The largest absolute Gasteiger partial charge is 0.376 e. The summed E-state index contributed by atoms with van der Waals surface area (Å²) in [5, 5.41) is 11.8. The summed E-state index contributed by atoms with van der Waals surface area (Å²) in [6.07, 6.45) is 3.68. The number of aryl methyl sites for hydroxylation is 1. The van der Waals surface area contributed by atoms with Crippen molar-refractivity contribution < 1.29 is 9.53 Å². The van der Waals surface area contributed by atoms with Gasteiger partial charge in [-0.25, -0.2) is 0 Å². The van der Waals surface area contributed by atoms with E-state index in [1.54, 1.807) is 6.08 Å². The summed E-state index contributed by atoms with van der Waals surface area (Å²) in [4.78, 5) is 11.9. The number of carbonyl (C=O) groups excluding carboxylic acids is 1. The van der Waals surface area contributed by atoms with Crippen molar-refractivity contribution in [1.82, 2.24) is 5.32 Å². The monoisotopic (exact) mass is 270 g/mol. The number of benzene rings is 1. The Kier molecular flexibility index (Phi) is 4.91. The van der Waals surface area contributed by atoms with Gasteiger partial charge in [0.15, 0.2) is 0 Å². The van der Waals surface area contributed by atoms with Gasteiger partial charge in [0.2, 0.25) is 0 Å².